The second-order valence-electron chi connectivity index (χ2n) is 6.48. The first-order valence-corrected chi connectivity index (χ1v) is 9.94. The van der Waals surface area contributed by atoms with Crippen LogP contribution in [0.3, 0.4) is 0 Å². The molecule has 23 heavy (non-hydrogen) atoms. The summed E-state index contributed by atoms with van der Waals surface area (Å²) in [6.45, 7) is 0.746. The summed E-state index contributed by atoms with van der Waals surface area (Å²) in [6, 6.07) is 8.10. The number of methoxy groups -OCH3 is 1. The van der Waals surface area contributed by atoms with Gasteiger partial charge in [0.2, 0.25) is 5.91 Å². The summed E-state index contributed by atoms with van der Waals surface area (Å²) in [5.41, 5.74) is 1.18. The smallest absolute Gasteiger partial charge is 0.226 e. The van der Waals surface area contributed by atoms with Gasteiger partial charge in [0.1, 0.15) is 5.75 Å². The van der Waals surface area contributed by atoms with Gasteiger partial charge < -0.3 is 9.64 Å². The van der Waals surface area contributed by atoms with Crippen LogP contribution in [0.15, 0.2) is 24.3 Å². The summed E-state index contributed by atoms with van der Waals surface area (Å²) >= 11 is 0. The molecule has 5 nitrogen and oxygen atoms in total. The van der Waals surface area contributed by atoms with E-state index >= 15 is 0 Å². The maximum absolute atomic E-state index is 12.7. The van der Waals surface area contributed by atoms with E-state index in [2.05, 4.69) is 0 Å². The van der Waals surface area contributed by atoms with Gasteiger partial charge in [0.15, 0.2) is 9.84 Å². The van der Waals surface area contributed by atoms with Crippen LogP contribution >= 0.6 is 0 Å². The Balaban J connectivity index is 1.66. The summed E-state index contributed by atoms with van der Waals surface area (Å²) in [4.78, 5) is 14.6. The van der Waals surface area contributed by atoms with Crippen molar-refractivity contribution in [3.63, 3.8) is 0 Å². The average Bonchev–Trinajstić information content (AvgIpc) is 3.13. The molecule has 6 heteroatoms. The predicted molar refractivity (Wildman–Crippen MR) is 88.2 cm³/mol. The molecule has 2 heterocycles. The fraction of sp³-hybridized carbons (Fsp3) is 0.588. The molecule has 1 aromatic rings. The molecule has 1 amide bonds. The third kappa shape index (κ3) is 3.68. The standard InChI is InChI=1S/C17H23NO4S/c1-22-16-6-4-13(5-7-16)11-15-3-2-9-18(15)17(19)14-8-10-23(20,21)12-14/h4-7,14-15H,2-3,8-12H2,1H3/t14-,15+/m0/s1. The lowest BCUT2D eigenvalue weighted by Crippen LogP contribution is -2.41. The molecule has 126 valence electrons. The molecule has 0 saturated carbocycles. The Morgan fingerprint density at radius 3 is 2.61 bits per heavy atom. The van der Waals surface area contributed by atoms with E-state index in [1.165, 1.54) is 5.56 Å². The molecule has 0 aromatic heterocycles. The Labute approximate surface area is 137 Å². The fourth-order valence-electron chi connectivity index (χ4n) is 3.60. The van der Waals surface area contributed by atoms with Crippen LogP contribution in [0, 0.1) is 5.92 Å². The minimum atomic E-state index is -3.02. The third-order valence-corrected chi connectivity index (χ3v) is 6.64. The van der Waals surface area contributed by atoms with Gasteiger partial charge in [0.25, 0.3) is 0 Å². The quantitative estimate of drug-likeness (QED) is 0.838. The van der Waals surface area contributed by atoms with Crippen molar-refractivity contribution in [2.24, 2.45) is 5.92 Å². The maximum Gasteiger partial charge on any atom is 0.226 e. The zero-order valence-corrected chi connectivity index (χ0v) is 14.2. The molecule has 2 aliphatic heterocycles. The molecule has 0 bridgehead atoms. The van der Waals surface area contributed by atoms with Crippen molar-refractivity contribution >= 4 is 15.7 Å². The summed E-state index contributed by atoms with van der Waals surface area (Å²) in [5, 5.41) is 0. The summed E-state index contributed by atoms with van der Waals surface area (Å²) in [7, 11) is -1.37. The number of hydrogen-bond donors (Lipinski definition) is 0. The van der Waals surface area contributed by atoms with Crippen LogP contribution in [-0.2, 0) is 21.1 Å². The van der Waals surface area contributed by atoms with Gasteiger partial charge in [0, 0.05) is 12.6 Å². The van der Waals surface area contributed by atoms with Gasteiger partial charge in [-0.3, -0.25) is 4.79 Å². The van der Waals surface area contributed by atoms with Crippen LogP contribution in [-0.4, -0.2) is 50.4 Å². The van der Waals surface area contributed by atoms with E-state index in [0.29, 0.717) is 6.42 Å². The van der Waals surface area contributed by atoms with E-state index in [-0.39, 0.29) is 29.4 Å². The monoisotopic (exact) mass is 337 g/mol. The van der Waals surface area contributed by atoms with Crippen molar-refractivity contribution in [2.75, 3.05) is 25.2 Å². The van der Waals surface area contributed by atoms with Crippen molar-refractivity contribution in [2.45, 2.75) is 31.7 Å². The van der Waals surface area contributed by atoms with Gasteiger partial charge in [-0.15, -0.1) is 0 Å². The molecule has 2 fully saturated rings. The Morgan fingerprint density at radius 1 is 1.26 bits per heavy atom. The minimum Gasteiger partial charge on any atom is -0.497 e. The van der Waals surface area contributed by atoms with Crippen molar-refractivity contribution < 1.29 is 17.9 Å². The highest BCUT2D eigenvalue weighted by molar-refractivity contribution is 7.91. The lowest BCUT2D eigenvalue weighted by molar-refractivity contribution is -0.135. The van der Waals surface area contributed by atoms with Gasteiger partial charge in [-0.2, -0.15) is 0 Å². The number of amides is 1. The Kier molecular flexibility index (Phi) is 4.62. The molecule has 2 aliphatic rings. The molecular weight excluding hydrogens is 314 g/mol. The molecule has 0 unspecified atom stereocenters. The molecule has 2 atom stereocenters. The van der Waals surface area contributed by atoms with Gasteiger partial charge in [-0.05, 0) is 43.4 Å². The van der Waals surface area contributed by atoms with Crippen molar-refractivity contribution in [1.29, 1.82) is 0 Å². The second kappa shape index (κ2) is 6.51. The van der Waals surface area contributed by atoms with E-state index in [9.17, 15) is 13.2 Å². The summed E-state index contributed by atoms with van der Waals surface area (Å²) in [5.74, 6) is 0.695. The highest BCUT2D eigenvalue weighted by atomic mass is 32.2. The number of sulfone groups is 1. The number of ether oxygens (including phenoxy) is 1. The van der Waals surface area contributed by atoms with Crippen LogP contribution in [0.5, 0.6) is 5.75 Å². The number of carbonyl (C=O) groups is 1. The van der Waals surface area contributed by atoms with E-state index in [4.69, 9.17) is 4.74 Å². The summed E-state index contributed by atoms with van der Waals surface area (Å²) < 4.78 is 28.4. The first-order chi connectivity index (χ1) is 11.0. The second-order valence-corrected chi connectivity index (χ2v) is 8.71. The molecule has 0 radical (unpaired) electrons. The predicted octanol–water partition coefficient (Wildman–Crippen LogP) is 1.66. The molecular formula is C17H23NO4S. The molecule has 2 saturated heterocycles. The zero-order chi connectivity index (χ0) is 16.4. The van der Waals surface area contributed by atoms with E-state index < -0.39 is 9.84 Å². The van der Waals surface area contributed by atoms with Crippen molar-refractivity contribution in [1.82, 2.24) is 4.90 Å². The summed E-state index contributed by atoms with van der Waals surface area (Å²) in [6.07, 6.45) is 3.27. The number of rotatable bonds is 4. The van der Waals surface area contributed by atoms with Crippen molar-refractivity contribution in [3.8, 4) is 5.75 Å². The zero-order valence-electron chi connectivity index (χ0n) is 13.4. The van der Waals surface area contributed by atoms with Gasteiger partial charge in [-0.25, -0.2) is 8.42 Å². The lowest BCUT2D eigenvalue weighted by atomic mass is 10.0. The Morgan fingerprint density at radius 2 is 2.00 bits per heavy atom. The number of benzene rings is 1. The first-order valence-electron chi connectivity index (χ1n) is 8.12. The van der Waals surface area contributed by atoms with Crippen LogP contribution in [0.2, 0.25) is 0 Å². The fourth-order valence-corrected chi connectivity index (χ4v) is 5.33. The van der Waals surface area contributed by atoms with Crippen molar-refractivity contribution in [3.05, 3.63) is 29.8 Å². The largest absolute Gasteiger partial charge is 0.497 e. The normalized spacial score (nSPS) is 26.4. The van der Waals surface area contributed by atoms with Gasteiger partial charge >= 0.3 is 0 Å². The number of carbonyl (C=O) groups excluding carboxylic acids is 1. The van der Waals surface area contributed by atoms with Crippen LogP contribution in [0.1, 0.15) is 24.8 Å². The molecule has 0 spiro atoms. The maximum atomic E-state index is 12.7. The molecule has 3 rings (SSSR count). The highest BCUT2D eigenvalue weighted by Gasteiger charge is 2.38. The van der Waals surface area contributed by atoms with Gasteiger partial charge in [0.05, 0.1) is 24.5 Å². The number of nitrogens with zero attached hydrogens (tertiary/aromatic N) is 1. The van der Waals surface area contributed by atoms with E-state index in [1.54, 1.807) is 7.11 Å². The van der Waals surface area contributed by atoms with E-state index in [1.807, 2.05) is 29.2 Å². The Bertz CT molecular complexity index is 668. The first kappa shape index (κ1) is 16.3. The molecule has 0 N–H and O–H groups in total. The molecule has 1 aromatic carbocycles. The number of hydrogen-bond acceptors (Lipinski definition) is 4. The van der Waals surface area contributed by atoms with E-state index in [0.717, 1.165) is 31.6 Å². The van der Waals surface area contributed by atoms with Crippen LogP contribution in [0.4, 0.5) is 0 Å². The lowest BCUT2D eigenvalue weighted by Gasteiger charge is -2.27. The number of likely N-dealkylation sites (tertiary alicyclic amines) is 1. The SMILES string of the molecule is COc1ccc(C[C@H]2CCCN2C(=O)[C@H]2CCS(=O)(=O)C2)cc1. The minimum absolute atomic E-state index is 0.0254. The Hall–Kier alpha value is -1.56. The van der Waals surface area contributed by atoms with Gasteiger partial charge in [-0.1, -0.05) is 12.1 Å². The third-order valence-electron chi connectivity index (χ3n) is 4.87. The average molecular weight is 337 g/mol. The van der Waals surface area contributed by atoms with Crippen LogP contribution in [0.25, 0.3) is 0 Å². The highest BCUT2D eigenvalue weighted by Crippen LogP contribution is 2.27. The van der Waals surface area contributed by atoms with Crippen LogP contribution < -0.4 is 4.74 Å². The topological polar surface area (TPSA) is 63.7 Å². The molecule has 0 aliphatic carbocycles.